The summed E-state index contributed by atoms with van der Waals surface area (Å²) >= 11 is 7.04. The van der Waals surface area contributed by atoms with Crippen molar-refractivity contribution in [1.82, 2.24) is 0 Å². The molecule has 1 aromatic heterocycles. The van der Waals surface area contributed by atoms with Crippen LogP contribution in [-0.2, 0) is 25.3 Å². The number of nitrogens with one attached hydrogen (secondary N) is 1. The second-order valence-corrected chi connectivity index (χ2v) is 8.00. The van der Waals surface area contributed by atoms with E-state index in [4.69, 9.17) is 16.3 Å². The predicted molar refractivity (Wildman–Crippen MR) is 106 cm³/mol. The van der Waals surface area contributed by atoms with Crippen molar-refractivity contribution in [2.24, 2.45) is 0 Å². The Kier molecular flexibility index (Phi) is 6.18. The van der Waals surface area contributed by atoms with Gasteiger partial charge in [0.05, 0.1) is 21.3 Å². The molecule has 0 spiro atoms. The van der Waals surface area contributed by atoms with Crippen LogP contribution in [0.25, 0.3) is 6.08 Å². The van der Waals surface area contributed by atoms with Gasteiger partial charge >= 0.3 is 12.1 Å². The number of carbonyl (C=O) groups is 3. The van der Waals surface area contributed by atoms with E-state index < -0.39 is 42.2 Å². The number of amides is 2. The molecule has 0 saturated heterocycles. The van der Waals surface area contributed by atoms with Crippen LogP contribution in [0.15, 0.2) is 36.4 Å². The third-order valence-electron chi connectivity index (χ3n) is 4.07. The number of alkyl halides is 3. The van der Waals surface area contributed by atoms with Crippen LogP contribution in [-0.4, -0.2) is 30.4 Å². The molecule has 6 nitrogen and oxygen atoms in total. The minimum atomic E-state index is -4.60. The van der Waals surface area contributed by atoms with E-state index in [2.05, 4.69) is 5.32 Å². The van der Waals surface area contributed by atoms with E-state index in [9.17, 15) is 27.6 Å². The molecule has 0 saturated carbocycles. The highest BCUT2D eigenvalue weighted by molar-refractivity contribution is 7.17. The lowest BCUT2D eigenvalue weighted by atomic mass is 10.1. The number of nitrogens with zero attached hydrogens (tertiary/aromatic N) is 1. The molecule has 2 heterocycles. The average Bonchev–Trinajstić information content (AvgIpc) is 3.09. The van der Waals surface area contributed by atoms with Gasteiger partial charge in [-0.3, -0.25) is 14.5 Å². The van der Waals surface area contributed by atoms with Crippen molar-refractivity contribution < 1.29 is 32.3 Å². The number of hydrogen-bond donors (Lipinski definition) is 1. The van der Waals surface area contributed by atoms with Crippen LogP contribution >= 0.6 is 22.9 Å². The number of anilines is 2. The van der Waals surface area contributed by atoms with Gasteiger partial charge in [-0.05, 0) is 43.3 Å². The molecule has 0 bridgehead atoms. The Hall–Kier alpha value is -2.85. The molecule has 0 aliphatic carbocycles. The molecule has 1 atom stereocenters. The summed E-state index contributed by atoms with van der Waals surface area (Å²) in [6.45, 7) is 0.898. The molecular formula is C19H14ClF3N2O4S. The first kappa shape index (κ1) is 21.8. The second-order valence-electron chi connectivity index (χ2n) is 6.26. The van der Waals surface area contributed by atoms with E-state index in [-0.39, 0.29) is 11.4 Å². The Morgan fingerprint density at radius 2 is 2.03 bits per heavy atom. The smallest absolute Gasteiger partial charge is 0.416 e. The van der Waals surface area contributed by atoms with Gasteiger partial charge in [-0.1, -0.05) is 11.6 Å². The monoisotopic (exact) mass is 458 g/mol. The van der Waals surface area contributed by atoms with E-state index >= 15 is 0 Å². The van der Waals surface area contributed by atoms with Gasteiger partial charge in [-0.2, -0.15) is 13.2 Å². The number of carbonyl (C=O) groups excluding carboxylic acids is 3. The highest BCUT2D eigenvalue weighted by Crippen LogP contribution is 2.37. The molecule has 3 rings (SSSR count). The number of ether oxygens (including phenoxy) is 1. The van der Waals surface area contributed by atoms with Crippen molar-refractivity contribution in [2.45, 2.75) is 19.2 Å². The summed E-state index contributed by atoms with van der Waals surface area (Å²) < 4.78 is 44.4. The van der Waals surface area contributed by atoms with E-state index in [1.165, 1.54) is 24.3 Å². The van der Waals surface area contributed by atoms with Gasteiger partial charge in [0.2, 0.25) is 5.91 Å². The summed E-state index contributed by atoms with van der Waals surface area (Å²) in [5, 5.41) is 2.32. The molecule has 0 radical (unpaired) electrons. The molecule has 2 amide bonds. The lowest BCUT2D eigenvalue weighted by molar-refractivity contribution is -0.149. The first-order valence-corrected chi connectivity index (χ1v) is 9.70. The van der Waals surface area contributed by atoms with E-state index in [0.717, 1.165) is 29.2 Å². The molecule has 11 heteroatoms. The van der Waals surface area contributed by atoms with E-state index in [0.29, 0.717) is 9.21 Å². The lowest BCUT2D eigenvalue weighted by Gasteiger charge is -2.31. The highest BCUT2D eigenvalue weighted by atomic mass is 35.5. The van der Waals surface area contributed by atoms with Crippen LogP contribution < -0.4 is 10.2 Å². The minimum absolute atomic E-state index is 0.0827. The van der Waals surface area contributed by atoms with Crippen LogP contribution in [0.5, 0.6) is 0 Å². The zero-order chi connectivity index (χ0) is 22.1. The minimum Gasteiger partial charge on any atom is -0.449 e. The Morgan fingerprint density at radius 3 is 2.67 bits per heavy atom. The maximum Gasteiger partial charge on any atom is 0.416 e. The first-order valence-electron chi connectivity index (χ1n) is 8.51. The highest BCUT2D eigenvalue weighted by Gasteiger charge is 2.35. The van der Waals surface area contributed by atoms with E-state index in [1.807, 2.05) is 0 Å². The zero-order valence-electron chi connectivity index (χ0n) is 15.3. The van der Waals surface area contributed by atoms with Gasteiger partial charge in [0.1, 0.15) is 6.54 Å². The first-order chi connectivity index (χ1) is 14.0. The Morgan fingerprint density at radius 1 is 1.30 bits per heavy atom. The van der Waals surface area contributed by atoms with Gasteiger partial charge in [-0.15, -0.1) is 11.3 Å². The fraction of sp³-hybridized carbons (Fsp3) is 0.211. The van der Waals surface area contributed by atoms with Crippen LogP contribution in [0.2, 0.25) is 4.34 Å². The molecule has 2 aromatic rings. The fourth-order valence-electron chi connectivity index (χ4n) is 2.71. The Balaban J connectivity index is 1.74. The van der Waals surface area contributed by atoms with Crippen molar-refractivity contribution in [3.63, 3.8) is 0 Å². The van der Waals surface area contributed by atoms with E-state index in [1.54, 1.807) is 12.1 Å². The van der Waals surface area contributed by atoms with Gasteiger partial charge < -0.3 is 10.1 Å². The van der Waals surface area contributed by atoms with Crippen LogP contribution in [0.1, 0.15) is 17.4 Å². The van der Waals surface area contributed by atoms with Gasteiger partial charge in [-0.25, -0.2) is 4.79 Å². The molecule has 0 fully saturated rings. The summed E-state index contributed by atoms with van der Waals surface area (Å²) in [6.07, 6.45) is -3.28. The molecule has 1 aliphatic rings. The maximum absolute atomic E-state index is 12.9. The summed E-state index contributed by atoms with van der Waals surface area (Å²) in [5.74, 6) is -2.20. The molecule has 1 aliphatic heterocycles. The third-order valence-corrected chi connectivity index (χ3v) is 5.27. The molecule has 30 heavy (non-hydrogen) atoms. The molecule has 1 N–H and O–H groups in total. The number of thiophene rings is 1. The van der Waals surface area contributed by atoms with Crippen LogP contribution in [0, 0.1) is 0 Å². The standard InChI is InChI=1S/C19H14ClF3N2O4S/c1-10(29-17(27)7-4-12-3-6-15(20)30-12)18(28)25-9-16(26)24-13-8-11(19(21,22)23)2-5-14(13)25/h2-8,10H,9H2,1H3,(H,24,26)/b7-4+. The molecule has 158 valence electrons. The van der Waals surface area contributed by atoms with Crippen molar-refractivity contribution in [3.05, 3.63) is 51.2 Å². The van der Waals surface area contributed by atoms with Crippen LogP contribution in [0.3, 0.4) is 0 Å². The zero-order valence-corrected chi connectivity index (χ0v) is 16.9. The van der Waals surface area contributed by atoms with Crippen molar-refractivity contribution >= 4 is 58.2 Å². The lowest BCUT2D eigenvalue weighted by Crippen LogP contribution is -2.47. The fourth-order valence-corrected chi connectivity index (χ4v) is 3.68. The number of halogens is 4. The van der Waals surface area contributed by atoms with Crippen molar-refractivity contribution in [3.8, 4) is 0 Å². The van der Waals surface area contributed by atoms with Crippen molar-refractivity contribution in [2.75, 3.05) is 16.8 Å². The summed E-state index contributed by atoms with van der Waals surface area (Å²) in [4.78, 5) is 38.3. The molecule has 1 aromatic carbocycles. The summed E-state index contributed by atoms with van der Waals surface area (Å²) in [6, 6.07) is 6.00. The Bertz CT molecular complexity index is 1040. The normalized spacial score (nSPS) is 15.0. The predicted octanol–water partition coefficient (Wildman–Crippen LogP) is 4.35. The summed E-state index contributed by atoms with van der Waals surface area (Å²) in [7, 11) is 0. The summed E-state index contributed by atoms with van der Waals surface area (Å²) in [5.41, 5.74) is -1.03. The average molecular weight is 459 g/mol. The second kappa shape index (κ2) is 8.49. The van der Waals surface area contributed by atoms with Gasteiger partial charge in [0.25, 0.3) is 5.91 Å². The largest absolute Gasteiger partial charge is 0.449 e. The molecule has 1 unspecified atom stereocenters. The third kappa shape index (κ3) is 5.00. The molecular weight excluding hydrogens is 445 g/mol. The van der Waals surface area contributed by atoms with Gasteiger partial charge in [0, 0.05) is 11.0 Å². The Labute approximate surface area is 177 Å². The number of hydrogen-bond acceptors (Lipinski definition) is 5. The number of benzene rings is 1. The number of esters is 1. The number of fused-ring (bicyclic) bond motifs is 1. The topological polar surface area (TPSA) is 75.7 Å². The maximum atomic E-state index is 12.9. The quantitative estimate of drug-likeness (QED) is 0.546. The number of rotatable bonds is 4. The van der Waals surface area contributed by atoms with Crippen molar-refractivity contribution in [1.29, 1.82) is 0 Å². The SMILES string of the molecule is CC(OC(=O)/C=C/c1ccc(Cl)s1)C(=O)N1CC(=O)Nc2cc(C(F)(F)F)ccc21. The van der Waals surface area contributed by atoms with Gasteiger partial charge in [0.15, 0.2) is 6.10 Å². The van der Waals surface area contributed by atoms with Crippen LogP contribution in [0.4, 0.5) is 24.5 Å².